The second kappa shape index (κ2) is 10.1. The van der Waals surface area contributed by atoms with Gasteiger partial charge in [-0.15, -0.1) is 0 Å². The van der Waals surface area contributed by atoms with Crippen LogP contribution in [0.2, 0.25) is 0 Å². The number of ether oxygens (including phenoxy) is 1. The van der Waals surface area contributed by atoms with E-state index in [0.717, 1.165) is 51.3 Å². The minimum Gasteiger partial charge on any atom is -0.388 e. The molecule has 0 aliphatic heterocycles. The van der Waals surface area contributed by atoms with Crippen LogP contribution in [0, 0.1) is 11.6 Å². The standard InChI is InChI=1S/C24H32F2N4O2/c1-32-11-10-27-16-2-4-17(5-3-16)30-23-13-20(22(26)14-28-23)19-12-18(6-7-21(19)25)29-15-24(31)8-9-24/h6-7,12-14,16-17,27,29,31H,2-5,8-11,15H2,1H3,(H,28,30). The third-order valence-corrected chi connectivity index (χ3v) is 6.38. The summed E-state index contributed by atoms with van der Waals surface area (Å²) in [5.41, 5.74) is 0.313. The van der Waals surface area contributed by atoms with Gasteiger partial charge < -0.3 is 25.8 Å². The molecule has 2 fully saturated rings. The number of nitrogens with one attached hydrogen (secondary N) is 3. The van der Waals surface area contributed by atoms with Gasteiger partial charge in [0.05, 0.1) is 18.4 Å². The number of hydrogen-bond acceptors (Lipinski definition) is 6. The Labute approximate surface area is 187 Å². The quantitative estimate of drug-likeness (QED) is 0.415. The molecule has 0 radical (unpaired) electrons. The van der Waals surface area contributed by atoms with Gasteiger partial charge in [-0.1, -0.05) is 0 Å². The van der Waals surface area contributed by atoms with Gasteiger partial charge in [0.25, 0.3) is 0 Å². The Morgan fingerprint density at radius 3 is 2.50 bits per heavy atom. The third kappa shape index (κ3) is 5.94. The molecule has 2 aliphatic carbocycles. The van der Waals surface area contributed by atoms with Crippen molar-refractivity contribution in [2.24, 2.45) is 0 Å². The number of halogens is 2. The molecular formula is C24H32F2N4O2. The first-order valence-electron chi connectivity index (χ1n) is 11.4. The second-order valence-corrected chi connectivity index (χ2v) is 8.96. The molecular weight excluding hydrogens is 414 g/mol. The van der Waals surface area contributed by atoms with Crippen molar-refractivity contribution < 1.29 is 18.6 Å². The van der Waals surface area contributed by atoms with Crippen LogP contribution in [0.3, 0.4) is 0 Å². The topological polar surface area (TPSA) is 78.4 Å². The van der Waals surface area contributed by atoms with Crippen LogP contribution >= 0.6 is 0 Å². The van der Waals surface area contributed by atoms with E-state index in [4.69, 9.17) is 4.74 Å². The predicted octanol–water partition coefficient (Wildman–Crippen LogP) is 3.92. The number of anilines is 2. The van der Waals surface area contributed by atoms with E-state index >= 15 is 0 Å². The molecule has 2 aromatic rings. The Morgan fingerprint density at radius 1 is 1.06 bits per heavy atom. The highest BCUT2D eigenvalue weighted by Gasteiger charge is 2.39. The molecule has 174 valence electrons. The molecule has 2 aliphatic rings. The zero-order chi connectivity index (χ0) is 22.6. The molecule has 0 saturated heterocycles. The Morgan fingerprint density at radius 2 is 1.78 bits per heavy atom. The SMILES string of the molecule is COCCNC1CCC(Nc2cc(-c3cc(NCC4(O)CC4)ccc3F)c(F)cn2)CC1. The van der Waals surface area contributed by atoms with Crippen molar-refractivity contribution in [1.29, 1.82) is 0 Å². The molecule has 6 nitrogen and oxygen atoms in total. The molecule has 0 spiro atoms. The Bertz CT molecular complexity index is 915. The van der Waals surface area contributed by atoms with Crippen LogP contribution in [-0.2, 0) is 4.74 Å². The number of aliphatic hydroxyl groups is 1. The molecule has 0 amide bonds. The van der Waals surface area contributed by atoms with Crippen molar-refractivity contribution in [3.63, 3.8) is 0 Å². The first kappa shape index (κ1) is 22.9. The number of benzene rings is 1. The van der Waals surface area contributed by atoms with Gasteiger partial charge in [0.15, 0.2) is 0 Å². The fourth-order valence-corrected chi connectivity index (χ4v) is 4.17. The van der Waals surface area contributed by atoms with Crippen molar-refractivity contribution in [3.05, 3.63) is 42.1 Å². The van der Waals surface area contributed by atoms with E-state index < -0.39 is 17.2 Å². The van der Waals surface area contributed by atoms with Gasteiger partial charge >= 0.3 is 0 Å². The van der Waals surface area contributed by atoms with E-state index in [1.165, 1.54) is 6.07 Å². The maximum Gasteiger partial charge on any atom is 0.149 e. The summed E-state index contributed by atoms with van der Waals surface area (Å²) in [5, 5.41) is 20.0. The van der Waals surface area contributed by atoms with Crippen molar-refractivity contribution in [1.82, 2.24) is 10.3 Å². The summed E-state index contributed by atoms with van der Waals surface area (Å²) in [6.45, 7) is 1.95. The zero-order valence-electron chi connectivity index (χ0n) is 18.5. The van der Waals surface area contributed by atoms with Crippen molar-refractivity contribution in [2.75, 3.05) is 37.4 Å². The molecule has 1 aromatic carbocycles. The first-order chi connectivity index (χ1) is 15.5. The molecule has 1 aromatic heterocycles. The van der Waals surface area contributed by atoms with Gasteiger partial charge in [0.1, 0.15) is 17.5 Å². The van der Waals surface area contributed by atoms with Crippen LogP contribution in [0.1, 0.15) is 38.5 Å². The normalized spacial score (nSPS) is 21.9. The van der Waals surface area contributed by atoms with Crippen LogP contribution in [0.25, 0.3) is 11.1 Å². The van der Waals surface area contributed by atoms with Crippen LogP contribution in [0.15, 0.2) is 30.5 Å². The van der Waals surface area contributed by atoms with Crippen molar-refractivity contribution >= 4 is 11.5 Å². The minimum atomic E-state index is -0.675. The van der Waals surface area contributed by atoms with E-state index in [1.807, 2.05) is 0 Å². The van der Waals surface area contributed by atoms with Gasteiger partial charge in [0.2, 0.25) is 0 Å². The predicted molar refractivity (Wildman–Crippen MR) is 122 cm³/mol. The summed E-state index contributed by atoms with van der Waals surface area (Å²) < 4.78 is 34.3. The van der Waals surface area contributed by atoms with Gasteiger partial charge in [-0.3, -0.25) is 0 Å². The van der Waals surface area contributed by atoms with Gasteiger partial charge in [0, 0.05) is 49.1 Å². The lowest BCUT2D eigenvalue weighted by molar-refractivity contribution is 0.164. The molecule has 0 unspecified atom stereocenters. The highest BCUT2D eigenvalue weighted by molar-refractivity contribution is 5.71. The fraction of sp³-hybridized carbons (Fsp3) is 0.542. The maximum absolute atomic E-state index is 14.6. The number of rotatable bonds is 10. The monoisotopic (exact) mass is 446 g/mol. The molecule has 2 saturated carbocycles. The Kier molecular flexibility index (Phi) is 7.23. The molecule has 4 N–H and O–H groups in total. The van der Waals surface area contributed by atoms with Crippen molar-refractivity contribution in [3.8, 4) is 11.1 Å². The lowest BCUT2D eigenvalue weighted by Gasteiger charge is -2.30. The van der Waals surface area contributed by atoms with Crippen LogP contribution in [0.4, 0.5) is 20.3 Å². The Balaban J connectivity index is 1.41. The lowest BCUT2D eigenvalue weighted by atomic mass is 9.91. The highest BCUT2D eigenvalue weighted by atomic mass is 19.1. The van der Waals surface area contributed by atoms with Crippen LogP contribution < -0.4 is 16.0 Å². The van der Waals surface area contributed by atoms with Crippen molar-refractivity contribution in [2.45, 2.75) is 56.2 Å². The molecule has 1 heterocycles. The largest absolute Gasteiger partial charge is 0.388 e. The highest BCUT2D eigenvalue weighted by Crippen LogP contribution is 2.36. The number of hydrogen-bond donors (Lipinski definition) is 4. The van der Waals surface area contributed by atoms with E-state index in [2.05, 4.69) is 20.9 Å². The second-order valence-electron chi connectivity index (χ2n) is 8.96. The summed E-state index contributed by atoms with van der Waals surface area (Å²) in [5.74, 6) is -0.528. The average Bonchev–Trinajstić information content (AvgIpc) is 3.53. The van der Waals surface area contributed by atoms with Crippen LogP contribution in [-0.4, -0.2) is 54.6 Å². The van der Waals surface area contributed by atoms with E-state index in [0.29, 0.717) is 30.7 Å². The zero-order valence-corrected chi connectivity index (χ0v) is 18.5. The van der Waals surface area contributed by atoms with E-state index in [9.17, 15) is 13.9 Å². The third-order valence-electron chi connectivity index (χ3n) is 6.38. The summed E-state index contributed by atoms with van der Waals surface area (Å²) in [4.78, 5) is 4.18. The van der Waals surface area contributed by atoms with E-state index in [-0.39, 0.29) is 17.2 Å². The summed E-state index contributed by atoms with van der Waals surface area (Å²) in [7, 11) is 1.70. The van der Waals surface area contributed by atoms with Gasteiger partial charge in [-0.05, 0) is 62.8 Å². The minimum absolute atomic E-state index is 0.170. The van der Waals surface area contributed by atoms with E-state index in [1.54, 1.807) is 25.3 Å². The molecule has 0 atom stereocenters. The average molecular weight is 447 g/mol. The first-order valence-corrected chi connectivity index (χ1v) is 11.4. The van der Waals surface area contributed by atoms with Gasteiger partial charge in [-0.25, -0.2) is 13.8 Å². The smallest absolute Gasteiger partial charge is 0.149 e. The molecule has 8 heteroatoms. The van der Waals surface area contributed by atoms with Gasteiger partial charge in [-0.2, -0.15) is 0 Å². The molecule has 4 rings (SSSR count). The number of aromatic nitrogens is 1. The summed E-state index contributed by atoms with van der Waals surface area (Å²) >= 11 is 0. The van der Waals surface area contributed by atoms with Crippen LogP contribution in [0.5, 0.6) is 0 Å². The molecule has 0 bridgehead atoms. The molecule has 32 heavy (non-hydrogen) atoms. The number of methoxy groups -OCH3 is 1. The lowest BCUT2D eigenvalue weighted by Crippen LogP contribution is -2.38. The summed E-state index contributed by atoms with van der Waals surface area (Å²) in [6, 6.07) is 6.81. The Hall–Kier alpha value is -2.29. The number of nitrogens with zero attached hydrogens (tertiary/aromatic N) is 1. The number of pyridine rings is 1. The summed E-state index contributed by atoms with van der Waals surface area (Å²) in [6.07, 6.45) is 6.71. The fourth-order valence-electron chi connectivity index (χ4n) is 4.17. The maximum atomic E-state index is 14.6.